The van der Waals surface area contributed by atoms with Gasteiger partial charge in [-0.1, -0.05) is 48.3 Å². The molecule has 0 bridgehead atoms. The van der Waals surface area contributed by atoms with Crippen molar-refractivity contribution in [1.82, 2.24) is 9.47 Å². The summed E-state index contributed by atoms with van der Waals surface area (Å²) in [4.78, 5) is 14.1. The lowest BCUT2D eigenvalue weighted by molar-refractivity contribution is -0.143. The summed E-state index contributed by atoms with van der Waals surface area (Å²) in [6.07, 6.45) is 5.99. The second kappa shape index (κ2) is 13.0. The molecule has 1 saturated carbocycles. The molecule has 1 aromatic heterocycles. The van der Waals surface area contributed by atoms with E-state index in [2.05, 4.69) is 30.0 Å². The lowest BCUT2D eigenvalue weighted by atomic mass is 9.81. The van der Waals surface area contributed by atoms with Gasteiger partial charge < -0.3 is 20.1 Å². The van der Waals surface area contributed by atoms with Crippen LogP contribution in [-0.4, -0.2) is 43.9 Å². The number of rotatable bonds is 11. The van der Waals surface area contributed by atoms with Gasteiger partial charge in [-0.25, -0.2) is 0 Å². The molecule has 0 unspecified atom stereocenters. The molecule has 7 nitrogen and oxygen atoms in total. The second-order valence-electron chi connectivity index (χ2n) is 11.3. The van der Waals surface area contributed by atoms with Crippen molar-refractivity contribution in [2.75, 3.05) is 13.2 Å². The molecule has 1 heterocycles. The number of hydrogen-bond donors (Lipinski definition) is 3. The van der Waals surface area contributed by atoms with Crippen LogP contribution < -0.4 is 4.74 Å². The van der Waals surface area contributed by atoms with Gasteiger partial charge in [0.15, 0.2) is 11.8 Å². The van der Waals surface area contributed by atoms with Crippen LogP contribution in [0.2, 0.25) is 10.0 Å². The number of aliphatic carboxylic acids is 1. The van der Waals surface area contributed by atoms with E-state index in [1.54, 1.807) is 0 Å². The zero-order valence-electron chi connectivity index (χ0n) is 23.4. The largest absolute Gasteiger partial charge is 0.494 e. The topological polar surface area (TPSA) is 95.2 Å². The van der Waals surface area contributed by atoms with Crippen molar-refractivity contribution in [1.29, 1.82) is 0 Å². The number of aromatic hydroxyl groups is 2. The van der Waals surface area contributed by atoms with Crippen LogP contribution in [0, 0.1) is 11.8 Å². The number of nitrogens with zero attached hydrogens (tertiary/aromatic N) is 2. The van der Waals surface area contributed by atoms with Crippen molar-refractivity contribution in [2.24, 2.45) is 11.8 Å². The van der Waals surface area contributed by atoms with Gasteiger partial charge in [0.2, 0.25) is 0 Å². The van der Waals surface area contributed by atoms with Gasteiger partial charge in [-0.05, 0) is 85.3 Å². The minimum absolute atomic E-state index is 0.00532. The number of aryl methyl sites for hydroxylation is 1. The molecular weight excluding hydrogens is 563 g/mol. The number of ether oxygens (including phenoxy) is 1. The molecule has 3 aromatic rings. The average Bonchev–Trinajstić information content (AvgIpc) is 3.54. The molecule has 2 aliphatic carbocycles. The Morgan fingerprint density at radius 1 is 1.02 bits per heavy atom. The molecule has 9 heteroatoms. The third kappa shape index (κ3) is 6.63. The molecule has 0 spiro atoms. The number of carbonyl (C=O) groups is 1. The van der Waals surface area contributed by atoms with E-state index in [1.807, 2.05) is 12.1 Å². The van der Waals surface area contributed by atoms with Gasteiger partial charge in [-0.15, -0.1) is 0 Å². The van der Waals surface area contributed by atoms with Crippen LogP contribution in [0.4, 0.5) is 0 Å². The number of halogens is 2. The predicted octanol–water partition coefficient (Wildman–Crippen LogP) is 7.23. The Morgan fingerprint density at radius 3 is 2.44 bits per heavy atom. The summed E-state index contributed by atoms with van der Waals surface area (Å²) in [7, 11) is 0. The number of aromatic nitrogens is 1. The van der Waals surface area contributed by atoms with Gasteiger partial charge in [0, 0.05) is 31.3 Å². The Kier molecular flexibility index (Phi) is 9.37. The lowest BCUT2D eigenvalue weighted by Gasteiger charge is -2.35. The molecule has 0 amide bonds. The third-order valence-corrected chi connectivity index (χ3v) is 9.63. The van der Waals surface area contributed by atoms with Crippen molar-refractivity contribution >= 4 is 29.2 Å². The Bertz CT molecular complexity index is 1360. The zero-order chi connectivity index (χ0) is 29.1. The Balaban J connectivity index is 1.33. The number of carboxylic acid groups (broad SMARTS) is 1. The maximum absolute atomic E-state index is 11.5. The monoisotopic (exact) mass is 600 g/mol. The minimum Gasteiger partial charge on any atom is -0.494 e. The van der Waals surface area contributed by atoms with Crippen molar-refractivity contribution in [3.05, 3.63) is 74.8 Å². The first-order valence-electron chi connectivity index (χ1n) is 14.5. The zero-order valence-corrected chi connectivity index (χ0v) is 24.9. The van der Waals surface area contributed by atoms with E-state index >= 15 is 0 Å². The SMILES string of the molecule is CCc1cc(CN(CC2CCC(C(=O)O)CC2)[C@H]2CCc3c2ccc(Cl)c3Cl)ccc1OCCn1c(O)ccc1O. The van der Waals surface area contributed by atoms with E-state index in [0.717, 1.165) is 74.9 Å². The van der Waals surface area contributed by atoms with Gasteiger partial charge in [-0.2, -0.15) is 0 Å². The molecule has 0 saturated heterocycles. The maximum atomic E-state index is 11.5. The fourth-order valence-electron chi connectivity index (χ4n) is 6.52. The number of hydrogen-bond acceptors (Lipinski definition) is 5. The minimum atomic E-state index is -0.673. The number of carboxylic acids is 1. The Labute approximate surface area is 251 Å². The highest BCUT2D eigenvalue weighted by Gasteiger charge is 2.33. The van der Waals surface area contributed by atoms with Crippen LogP contribution in [0.3, 0.4) is 0 Å². The smallest absolute Gasteiger partial charge is 0.306 e. The van der Waals surface area contributed by atoms with E-state index in [9.17, 15) is 20.1 Å². The summed E-state index contributed by atoms with van der Waals surface area (Å²) >= 11 is 12.9. The van der Waals surface area contributed by atoms with Gasteiger partial charge in [0.1, 0.15) is 12.4 Å². The molecule has 41 heavy (non-hydrogen) atoms. The van der Waals surface area contributed by atoms with E-state index in [4.69, 9.17) is 27.9 Å². The first-order valence-corrected chi connectivity index (χ1v) is 15.3. The van der Waals surface area contributed by atoms with Crippen LogP contribution in [-0.2, 0) is 30.7 Å². The highest BCUT2D eigenvalue weighted by molar-refractivity contribution is 6.42. The summed E-state index contributed by atoms with van der Waals surface area (Å²) in [5.41, 5.74) is 4.68. The number of benzene rings is 2. The first kappa shape index (κ1) is 29.6. The van der Waals surface area contributed by atoms with E-state index in [1.165, 1.54) is 27.8 Å². The highest BCUT2D eigenvalue weighted by atomic mass is 35.5. The molecule has 1 fully saturated rings. The summed E-state index contributed by atoms with van der Waals surface area (Å²) in [5, 5.41) is 30.5. The normalized spacial score (nSPS) is 20.3. The highest BCUT2D eigenvalue weighted by Crippen LogP contribution is 2.43. The van der Waals surface area contributed by atoms with E-state index < -0.39 is 5.97 Å². The summed E-state index contributed by atoms with van der Waals surface area (Å²) in [5.74, 6) is 0.364. The second-order valence-corrected chi connectivity index (χ2v) is 12.1. The summed E-state index contributed by atoms with van der Waals surface area (Å²) < 4.78 is 7.46. The predicted molar refractivity (Wildman–Crippen MR) is 160 cm³/mol. The average molecular weight is 602 g/mol. The summed E-state index contributed by atoms with van der Waals surface area (Å²) in [6, 6.07) is 13.5. The van der Waals surface area contributed by atoms with Crippen molar-refractivity contribution in [3.63, 3.8) is 0 Å². The molecule has 1 atom stereocenters. The van der Waals surface area contributed by atoms with Crippen LogP contribution in [0.5, 0.6) is 17.5 Å². The number of fused-ring (bicyclic) bond motifs is 1. The van der Waals surface area contributed by atoms with Crippen molar-refractivity contribution in [2.45, 2.75) is 71.0 Å². The Morgan fingerprint density at radius 2 is 1.76 bits per heavy atom. The van der Waals surface area contributed by atoms with E-state index in [-0.39, 0.29) is 23.7 Å². The quantitative estimate of drug-likeness (QED) is 0.215. The Hall–Kier alpha value is -2.87. The van der Waals surface area contributed by atoms with Crippen LogP contribution >= 0.6 is 23.2 Å². The van der Waals surface area contributed by atoms with Crippen LogP contribution in [0.1, 0.15) is 67.3 Å². The molecule has 2 aliphatic rings. The summed E-state index contributed by atoms with van der Waals surface area (Å²) in [6.45, 7) is 4.42. The maximum Gasteiger partial charge on any atom is 0.306 e. The van der Waals surface area contributed by atoms with Gasteiger partial charge in [0.25, 0.3) is 0 Å². The van der Waals surface area contributed by atoms with Crippen molar-refractivity contribution < 1.29 is 24.9 Å². The molecule has 0 radical (unpaired) electrons. The van der Waals surface area contributed by atoms with E-state index in [0.29, 0.717) is 29.1 Å². The fraction of sp³-hybridized carbons (Fsp3) is 0.469. The standard InChI is InChI=1S/C32H38Cl2N2O5/c1-2-22-17-21(5-12-28(22)41-16-15-36-29(37)13-14-30(36)38)19-35(18-20-3-6-23(7-4-20)32(39)40)27-11-9-25-24(27)8-10-26(33)31(25)34/h5,8,10,12-14,17,20,23,27,37-38H,2-4,6-7,9,11,15-16,18-19H2,1H3,(H,39,40)/t20?,23?,27-/m0/s1. The van der Waals surface area contributed by atoms with Gasteiger partial charge in [-0.3, -0.25) is 14.3 Å². The lowest BCUT2D eigenvalue weighted by Crippen LogP contribution is -2.34. The molecule has 2 aromatic carbocycles. The van der Waals surface area contributed by atoms with Gasteiger partial charge >= 0.3 is 5.97 Å². The molecule has 3 N–H and O–H groups in total. The molecule has 0 aliphatic heterocycles. The van der Waals surface area contributed by atoms with Gasteiger partial charge in [0.05, 0.1) is 22.5 Å². The molecule has 220 valence electrons. The third-order valence-electron chi connectivity index (χ3n) is 8.79. The first-order chi connectivity index (χ1) is 19.7. The van der Waals surface area contributed by atoms with Crippen LogP contribution in [0.25, 0.3) is 0 Å². The molecule has 5 rings (SSSR count). The van der Waals surface area contributed by atoms with Crippen LogP contribution in [0.15, 0.2) is 42.5 Å². The molecular formula is C32H38Cl2N2O5. The fourth-order valence-corrected chi connectivity index (χ4v) is 6.96. The van der Waals surface area contributed by atoms with Crippen molar-refractivity contribution in [3.8, 4) is 17.5 Å².